The summed E-state index contributed by atoms with van der Waals surface area (Å²) in [5.41, 5.74) is 2.48. The normalized spacial score (nSPS) is 19.0. The van der Waals surface area contributed by atoms with Crippen LogP contribution in [0.2, 0.25) is 0 Å². The molecule has 2 N–H and O–H groups in total. The van der Waals surface area contributed by atoms with E-state index in [1.54, 1.807) is 0 Å². The van der Waals surface area contributed by atoms with Gasteiger partial charge >= 0.3 is 0 Å². The van der Waals surface area contributed by atoms with Gasteiger partial charge in [0, 0.05) is 12.1 Å². The molecule has 0 spiro atoms. The molecule has 1 fully saturated rings. The summed E-state index contributed by atoms with van der Waals surface area (Å²) in [4.78, 5) is 12.3. The van der Waals surface area contributed by atoms with Crippen LogP contribution < -0.4 is 10.6 Å². The third-order valence-corrected chi connectivity index (χ3v) is 4.42. The molecule has 1 unspecified atom stereocenters. The average Bonchev–Trinajstić information content (AvgIpc) is 2.48. The number of hydrogen-bond donors (Lipinski definition) is 2. The van der Waals surface area contributed by atoms with E-state index in [0.29, 0.717) is 6.04 Å². The molecule has 3 heteroatoms. The first-order valence-electron chi connectivity index (χ1n) is 8.19. The van der Waals surface area contributed by atoms with Crippen molar-refractivity contribution < 1.29 is 4.79 Å². The number of carbonyl (C=O) groups is 1. The molecule has 0 bridgehead atoms. The molecule has 1 saturated carbocycles. The van der Waals surface area contributed by atoms with Crippen molar-refractivity contribution in [2.45, 2.75) is 71.0 Å². The fraction of sp³-hybridized carbons (Fsp3) is 0.611. The predicted molar refractivity (Wildman–Crippen MR) is 87.2 cm³/mol. The second-order valence-corrected chi connectivity index (χ2v) is 6.36. The number of aryl methyl sites for hydroxylation is 1. The van der Waals surface area contributed by atoms with Crippen molar-refractivity contribution in [3.8, 4) is 0 Å². The van der Waals surface area contributed by atoms with Crippen molar-refractivity contribution in [1.29, 1.82) is 0 Å². The third kappa shape index (κ3) is 4.85. The van der Waals surface area contributed by atoms with Crippen LogP contribution in [0.3, 0.4) is 0 Å². The van der Waals surface area contributed by atoms with Crippen LogP contribution in [-0.4, -0.2) is 18.0 Å². The highest BCUT2D eigenvalue weighted by Gasteiger charge is 2.20. The third-order valence-electron chi connectivity index (χ3n) is 4.42. The Balaban J connectivity index is 1.83. The molecule has 1 aliphatic rings. The van der Waals surface area contributed by atoms with Crippen molar-refractivity contribution in [1.82, 2.24) is 10.6 Å². The smallest absolute Gasteiger partial charge is 0.237 e. The molecule has 0 aliphatic heterocycles. The molecular formula is C18H28N2O. The fourth-order valence-corrected chi connectivity index (χ4v) is 2.98. The SMILES string of the molecule is Cc1ccc([C@@H](C)NC(C)C(=O)NC2CCCCC2)cc1. The van der Waals surface area contributed by atoms with E-state index < -0.39 is 0 Å². The molecule has 0 aromatic heterocycles. The van der Waals surface area contributed by atoms with Gasteiger partial charge in [0.15, 0.2) is 0 Å². The van der Waals surface area contributed by atoms with Gasteiger partial charge in [-0.15, -0.1) is 0 Å². The Morgan fingerprint density at radius 1 is 1.10 bits per heavy atom. The van der Waals surface area contributed by atoms with Gasteiger partial charge in [-0.1, -0.05) is 49.1 Å². The number of benzene rings is 1. The zero-order chi connectivity index (χ0) is 15.2. The Labute approximate surface area is 128 Å². The van der Waals surface area contributed by atoms with Crippen LogP contribution in [0, 0.1) is 6.92 Å². The highest BCUT2D eigenvalue weighted by atomic mass is 16.2. The molecule has 2 rings (SSSR count). The van der Waals surface area contributed by atoms with Crippen LogP contribution in [0.5, 0.6) is 0 Å². The van der Waals surface area contributed by atoms with Gasteiger partial charge in [-0.25, -0.2) is 0 Å². The fourth-order valence-electron chi connectivity index (χ4n) is 2.98. The Morgan fingerprint density at radius 3 is 2.33 bits per heavy atom. The largest absolute Gasteiger partial charge is 0.352 e. The monoisotopic (exact) mass is 288 g/mol. The van der Waals surface area contributed by atoms with E-state index in [-0.39, 0.29) is 18.0 Å². The molecule has 116 valence electrons. The molecule has 1 amide bonds. The van der Waals surface area contributed by atoms with Crippen LogP contribution in [0.25, 0.3) is 0 Å². The Kier molecular flexibility index (Phi) is 5.80. The zero-order valence-electron chi connectivity index (χ0n) is 13.5. The van der Waals surface area contributed by atoms with Crippen LogP contribution >= 0.6 is 0 Å². The van der Waals surface area contributed by atoms with E-state index in [9.17, 15) is 4.79 Å². The van der Waals surface area contributed by atoms with Crippen molar-refractivity contribution in [2.75, 3.05) is 0 Å². The molecule has 1 aromatic rings. The molecule has 0 heterocycles. The summed E-state index contributed by atoms with van der Waals surface area (Å²) in [7, 11) is 0. The molecule has 1 aliphatic carbocycles. The zero-order valence-corrected chi connectivity index (χ0v) is 13.5. The highest BCUT2D eigenvalue weighted by Crippen LogP contribution is 2.18. The lowest BCUT2D eigenvalue weighted by atomic mass is 9.95. The van der Waals surface area contributed by atoms with Gasteiger partial charge in [0.2, 0.25) is 5.91 Å². The van der Waals surface area contributed by atoms with Gasteiger partial charge in [0.25, 0.3) is 0 Å². The lowest BCUT2D eigenvalue weighted by Gasteiger charge is -2.26. The summed E-state index contributed by atoms with van der Waals surface area (Å²) in [6, 6.07) is 8.86. The summed E-state index contributed by atoms with van der Waals surface area (Å²) in [5, 5.41) is 6.58. The highest BCUT2D eigenvalue weighted by molar-refractivity contribution is 5.81. The number of amides is 1. The lowest BCUT2D eigenvalue weighted by molar-refractivity contribution is -0.123. The van der Waals surface area contributed by atoms with Gasteiger partial charge in [-0.05, 0) is 39.2 Å². The summed E-state index contributed by atoms with van der Waals surface area (Å²) in [6.07, 6.45) is 6.06. The first-order valence-corrected chi connectivity index (χ1v) is 8.19. The molecule has 2 atom stereocenters. The maximum absolute atomic E-state index is 12.3. The van der Waals surface area contributed by atoms with E-state index >= 15 is 0 Å². The first kappa shape index (κ1) is 16.0. The van der Waals surface area contributed by atoms with Crippen LogP contribution in [0.15, 0.2) is 24.3 Å². The minimum atomic E-state index is -0.164. The summed E-state index contributed by atoms with van der Waals surface area (Å²) in [5.74, 6) is 0.126. The van der Waals surface area contributed by atoms with E-state index in [2.05, 4.69) is 48.7 Å². The van der Waals surface area contributed by atoms with E-state index in [1.165, 1.54) is 30.4 Å². The Hall–Kier alpha value is -1.35. The Bertz CT molecular complexity index is 449. The molecular weight excluding hydrogens is 260 g/mol. The number of carbonyl (C=O) groups excluding carboxylic acids is 1. The second-order valence-electron chi connectivity index (χ2n) is 6.36. The average molecular weight is 288 g/mol. The van der Waals surface area contributed by atoms with Gasteiger partial charge in [0.05, 0.1) is 6.04 Å². The molecule has 0 saturated heterocycles. The quantitative estimate of drug-likeness (QED) is 0.871. The van der Waals surface area contributed by atoms with E-state index in [1.807, 2.05) is 6.92 Å². The summed E-state index contributed by atoms with van der Waals surface area (Å²) < 4.78 is 0. The topological polar surface area (TPSA) is 41.1 Å². The van der Waals surface area contributed by atoms with Crippen LogP contribution in [0.1, 0.15) is 63.1 Å². The maximum atomic E-state index is 12.3. The Morgan fingerprint density at radius 2 is 1.71 bits per heavy atom. The van der Waals surface area contributed by atoms with Gasteiger partial charge in [-0.3, -0.25) is 10.1 Å². The van der Waals surface area contributed by atoms with Gasteiger partial charge < -0.3 is 5.32 Å². The van der Waals surface area contributed by atoms with E-state index in [4.69, 9.17) is 0 Å². The molecule has 0 radical (unpaired) electrons. The van der Waals surface area contributed by atoms with Gasteiger partial charge in [-0.2, -0.15) is 0 Å². The standard InChI is InChI=1S/C18H28N2O/c1-13-9-11-16(12-10-13)14(2)19-15(3)18(21)20-17-7-5-4-6-8-17/h9-12,14-15,17,19H,4-8H2,1-3H3,(H,20,21)/t14-,15?/m1/s1. The van der Waals surface area contributed by atoms with E-state index in [0.717, 1.165) is 12.8 Å². The number of hydrogen-bond acceptors (Lipinski definition) is 2. The van der Waals surface area contributed by atoms with Crippen molar-refractivity contribution in [2.24, 2.45) is 0 Å². The van der Waals surface area contributed by atoms with Crippen molar-refractivity contribution in [3.05, 3.63) is 35.4 Å². The van der Waals surface area contributed by atoms with Crippen LogP contribution in [0.4, 0.5) is 0 Å². The molecule has 21 heavy (non-hydrogen) atoms. The van der Waals surface area contributed by atoms with Crippen molar-refractivity contribution >= 4 is 5.91 Å². The second kappa shape index (κ2) is 7.60. The maximum Gasteiger partial charge on any atom is 0.237 e. The lowest BCUT2D eigenvalue weighted by Crippen LogP contribution is -2.47. The number of rotatable bonds is 5. The summed E-state index contributed by atoms with van der Waals surface area (Å²) >= 11 is 0. The molecule has 3 nitrogen and oxygen atoms in total. The van der Waals surface area contributed by atoms with Crippen molar-refractivity contribution in [3.63, 3.8) is 0 Å². The minimum Gasteiger partial charge on any atom is -0.352 e. The minimum absolute atomic E-state index is 0.126. The first-order chi connectivity index (χ1) is 10.1. The van der Waals surface area contributed by atoms with Crippen LogP contribution in [-0.2, 0) is 4.79 Å². The summed E-state index contributed by atoms with van der Waals surface area (Å²) in [6.45, 7) is 6.14. The predicted octanol–water partition coefficient (Wildman–Crippen LogP) is 3.48. The molecule has 1 aromatic carbocycles. The number of nitrogens with one attached hydrogen (secondary N) is 2. The van der Waals surface area contributed by atoms with Gasteiger partial charge in [0.1, 0.15) is 0 Å².